The quantitative estimate of drug-likeness (QED) is 0.585. The van der Waals surface area contributed by atoms with Gasteiger partial charge >= 0.3 is 0 Å². The van der Waals surface area contributed by atoms with Gasteiger partial charge in [0, 0.05) is 6.54 Å². The lowest BCUT2D eigenvalue weighted by Crippen LogP contribution is -2.43. The lowest BCUT2D eigenvalue weighted by molar-refractivity contribution is -0.122. The Balaban J connectivity index is 2.11. The van der Waals surface area contributed by atoms with Crippen molar-refractivity contribution in [3.63, 3.8) is 0 Å². The number of carbonyl (C=O) groups is 1. The summed E-state index contributed by atoms with van der Waals surface area (Å²) in [5.74, 6) is 0.605. The molecule has 0 aromatic heterocycles. The normalized spacial score (nSPS) is 25.8. The molecule has 0 spiro atoms. The lowest BCUT2D eigenvalue weighted by atomic mass is 10.1. The van der Waals surface area contributed by atoms with E-state index < -0.39 is 0 Å². The van der Waals surface area contributed by atoms with Crippen molar-refractivity contribution in [1.29, 1.82) is 0 Å². The molecule has 0 aromatic rings. The van der Waals surface area contributed by atoms with Gasteiger partial charge in [0.05, 0.1) is 12.1 Å². The number of hydrogen-bond donors (Lipinski definition) is 3. The zero-order chi connectivity index (χ0) is 12.7. The average Bonchev–Trinajstić information content (AvgIpc) is 2.72. The Hall–Kier alpha value is -0.610. The van der Waals surface area contributed by atoms with E-state index in [4.69, 9.17) is 0 Å². The third kappa shape index (κ3) is 5.50. The van der Waals surface area contributed by atoms with Crippen molar-refractivity contribution in [2.45, 2.75) is 58.1 Å². The number of amides is 1. The molecule has 0 radical (unpaired) electrons. The van der Waals surface area contributed by atoms with E-state index in [-0.39, 0.29) is 18.1 Å². The van der Waals surface area contributed by atoms with Gasteiger partial charge < -0.3 is 15.7 Å². The van der Waals surface area contributed by atoms with Crippen molar-refractivity contribution in [1.82, 2.24) is 10.6 Å². The maximum Gasteiger partial charge on any atom is 0.236 e. The van der Waals surface area contributed by atoms with Crippen LogP contribution in [0.3, 0.4) is 0 Å². The average molecular weight is 242 g/mol. The molecule has 1 fully saturated rings. The molecule has 0 aliphatic heterocycles. The van der Waals surface area contributed by atoms with E-state index in [1.54, 1.807) is 0 Å². The predicted octanol–water partition coefficient (Wildman–Crippen LogP) is 1.04. The zero-order valence-electron chi connectivity index (χ0n) is 11.0. The van der Waals surface area contributed by atoms with Crippen LogP contribution in [-0.4, -0.2) is 36.2 Å². The number of hydrogen-bond acceptors (Lipinski definition) is 3. The monoisotopic (exact) mass is 242 g/mol. The highest BCUT2D eigenvalue weighted by atomic mass is 16.3. The van der Waals surface area contributed by atoms with Crippen molar-refractivity contribution in [2.75, 3.05) is 13.1 Å². The molecule has 0 saturated heterocycles. The minimum atomic E-state index is -0.135. The van der Waals surface area contributed by atoms with Gasteiger partial charge in [-0.2, -0.15) is 0 Å². The van der Waals surface area contributed by atoms with Gasteiger partial charge in [-0.05, 0) is 45.1 Å². The van der Waals surface area contributed by atoms with Crippen LogP contribution < -0.4 is 10.6 Å². The summed E-state index contributed by atoms with van der Waals surface area (Å²) in [5.41, 5.74) is 0. The van der Waals surface area contributed by atoms with Gasteiger partial charge in [0.1, 0.15) is 0 Å². The van der Waals surface area contributed by atoms with Crippen molar-refractivity contribution >= 4 is 5.91 Å². The van der Waals surface area contributed by atoms with Crippen molar-refractivity contribution in [3.05, 3.63) is 0 Å². The fraction of sp³-hybridized carbons (Fsp3) is 0.923. The summed E-state index contributed by atoms with van der Waals surface area (Å²) in [7, 11) is 0. The summed E-state index contributed by atoms with van der Waals surface area (Å²) in [4.78, 5) is 11.7. The van der Waals surface area contributed by atoms with Crippen LogP contribution in [-0.2, 0) is 4.79 Å². The van der Waals surface area contributed by atoms with Gasteiger partial charge in [-0.3, -0.25) is 4.79 Å². The molecule has 4 nitrogen and oxygen atoms in total. The minimum Gasteiger partial charge on any atom is -0.393 e. The Morgan fingerprint density at radius 3 is 2.82 bits per heavy atom. The van der Waals surface area contributed by atoms with Gasteiger partial charge in [-0.1, -0.05) is 13.3 Å². The smallest absolute Gasteiger partial charge is 0.236 e. The first-order chi connectivity index (χ1) is 8.13. The molecule has 0 bridgehead atoms. The first-order valence-electron chi connectivity index (χ1n) is 6.82. The molecule has 1 rings (SSSR count). The third-order valence-corrected chi connectivity index (χ3v) is 3.45. The van der Waals surface area contributed by atoms with Gasteiger partial charge in [0.2, 0.25) is 5.91 Å². The topological polar surface area (TPSA) is 61.4 Å². The fourth-order valence-electron chi connectivity index (χ4n) is 2.21. The SMILES string of the molecule is CCCCNC(=O)C(C)NCC1CCC(O)C1. The highest BCUT2D eigenvalue weighted by Crippen LogP contribution is 2.24. The van der Waals surface area contributed by atoms with E-state index in [9.17, 15) is 9.90 Å². The largest absolute Gasteiger partial charge is 0.393 e. The summed E-state index contributed by atoms with van der Waals surface area (Å²) in [6, 6.07) is -0.135. The highest BCUT2D eigenvalue weighted by Gasteiger charge is 2.23. The summed E-state index contributed by atoms with van der Waals surface area (Å²) >= 11 is 0. The number of nitrogens with one attached hydrogen (secondary N) is 2. The Morgan fingerprint density at radius 1 is 1.47 bits per heavy atom. The molecular weight excluding hydrogens is 216 g/mol. The van der Waals surface area contributed by atoms with Crippen LogP contribution in [0.2, 0.25) is 0 Å². The van der Waals surface area contributed by atoms with Crippen LogP contribution in [0.25, 0.3) is 0 Å². The summed E-state index contributed by atoms with van der Waals surface area (Å²) in [6.45, 7) is 5.61. The molecule has 4 heteroatoms. The van der Waals surface area contributed by atoms with E-state index in [0.717, 1.165) is 45.2 Å². The summed E-state index contributed by atoms with van der Waals surface area (Å²) in [5, 5.41) is 15.6. The minimum absolute atomic E-state index is 0.0806. The maximum absolute atomic E-state index is 11.7. The first-order valence-corrected chi connectivity index (χ1v) is 6.82. The second kappa shape index (κ2) is 7.67. The highest BCUT2D eigenvalue weighted by molar-refractivity contribution is 5.81. The molecule has 0 aromatic carbocycles. The van der Waals surface area contributed by atoms with Gasteiger partial charge in [0.25, 0.3) is 0 Å². The van der Waals surface area contributed by atoms with E-state index in [0.29, 0.717) is 5.92 Å². The molecule has 3 N–H and O–H groups in total. The molecule has 0 heterocycles. The molecule has 1 aliphatic carbocycles. The second-order valence-corrected chi connectivity index (χ2v) is 5.11. The zero-order valence-corrected chi connectivity index (χ0v) is 11.0. The molecular formula is C13H26N2O2. The second-order valence-electron chi connectivity index (χ2n) is 5.11. The Kier molecular flexibility index (Phi) is 6.52. The first kappa shape index (κ1) is 14.5. The van der Waals surface area contributed by atoms with Crippen molar-refractivity contribution < 1.29 is 9.90 Å². The summed E-state index contributed by atoms with van der Waals surface area (Å²) < 4.78 is 0. The number of carbonyl (C=O) groups excluding carboxylic acids is 1. The van der Waals surface area contributed by atoms with Crippen molar-refractivity contribution in [2.24, 2.45) is 5.92 Å². The summed E-state index contributed by atoms with van der Waals surface area (Å²) in [6.07, 6.45) is 4.85. The van der Waals surface area contributed by atoms with Crippen LogP contribution in [0.1, 0.15) is 46.0 Å². The molecule has 3 unspecified atom stereocenters. The lowest BCUT2D eigenvalue weighted by Gasteiger charge is -2.16. The third-order valence-electron chi connectivity index (χ3n) is 3.45. The van der Waals surface area contributed by atoms with Gasteiger partial charge in [-0.25, -0.2) is 0 Å². The van der Waals surface area contributed by atoms with E-state index in [2.05, 4.69) is 17.6 Å². The predicted molar refractivity (Wildman–Crippen MR) is 68.7 cm³/mol. The van der Waals surface area contributed by atoms with E-state index in [1.807, 2.05) is 6.92 Å². The maximum atomic E-state index is 11.7. The molecule has 3 atom stereocenters. The Morgan fingerprint density at radius 2 is 2.24 bits per heavy atom. The van der Waals surface area contributed by atoms with Crippen LogP contribution in [0.15, 0.2) is 0 Å². The molecule has 1 saturated carbocycles. The molecule has 100 valence electrons. The van der Waals surface area contributed by atoms with E-state index in [1.165, 1.54) is 0 Å². The van der Waals surface area contributed by atoms with E-state index >= 15 is 0 Å². The number of aliphatic hydroxyl groups is 1. The standard InChI is InChI=1S/C13H26N2O2/c1-3-4-7-14-13(17)10(2)15-9-11-5-6-12(16)8-11/h10-12,15-16H,3-9H2,1-2H3,(H,14,17). The van der Waals surface area contributed by atoms with Crippen LogP contribution in [0, 0.1) is 5.92 Å². The molecule has 1 aliphatic rings. The number of unbranched alkanes of at least 4 members (excludes halogenated alkanes) is 1. The Labute approximate surface area is 104 Å². The van der Waals surface area contributed by atoms with Crippen LogP contribution in [0.5, 0.6) is 0 Å². The van der Waals surface area contributed by atoms with Crippen LogP contribution in [0.4, 0.5) is 0 Å². The molecule has 1 amide bonds. The number of rotatable bonds is 7. The van der Waals surface area contributed by atoms with Crippen molar-refractivity contribution in [3.8, 4) is 0 Å². The number of aliphatic hydroxyl groups excluding tert-OH is 1. The van der Waals surface area contributed by atoms with Crippen LogP contribution >= 0.6 is 0 Å². The Bertz CT molecular complexity index is 233. The fourth-order valence-corrected chi connectivity index (χ4v) is 2.21. The molecule has 17 heavy (non-hydrogen) atoms. The van der Waals surface area contributed by atoms with Gasteiger partial charge in [-0.15, -0.1) is 0 Å². The van der Waals surface area contributed by atoms with Gasteiger partial charge in [0.15, 0.2) is 0 Å².